The number of rotatable bonds is 4. The van der Waals surface area contributed by atoms with E-state index >= 15 is 0 Å². The number of fused-ring (bicyclic) bond motifs is 1. The van der Waals surface area contributed by atoms with E-state index in [0.29, 0.717) is 12.1 Å². The zero-order valence-electron chi connectivity index (χ0n) is 11.7. The molecule has 1 aromatic carbocycles. The predicted octanol–water partition coefficient (Wildman–Crippen LogP) is 1.59. The third kappa shape index (κ3) is 2.49. The van der Waals surface area contributed by atoms with E-state index in [4.69, 9.17) is 4.74 Å². The van der Waals surface area contributed by atoms with Crippen molar-refractivity contribution < 1.29 is 14.3 Å². The van der Waals surface area contributed by atoms with Crippen LogP contribution in [0.4, 0.5) is 0 Å². The van der Waals surface area contributed by atoms with Gasteiger partial charge in [0.2, 0.25) is 0 Å². The number of ether oxygens (including phenoxy) is 1. The third-order valence-corrected chi connectivity index (χ3v) is 3.30. The summed E-state index contributed by atoms with van der Waals surface area (Å²) in [6.07, 6.45) is 1.66. The Morgan fingerprint density at radius 2 is 2.20 bits per heavy atom. The Balaban J connectivity index is 2.29. The fraction of sp³-hybridized carbons (Fsp3) is 0.357. The van der Waals surface area contributed by atoms with Crippen molar-refractivity contribution in [3.63, 3.8) is 0 Å². The molecule has 1 N–H and O–H groups in total. The number of likely N-dealkylation sites (N-methyl/N-ethyl adjacent to an activating group) is 1. The fourth-order valence-corrected chi connectivity index (χ4v) is 2.13. The molecule has 0 unspecified atom stereocenters. The van der Waals surface area contributed by atoms with Gasteiger partial charge in [-0.1, -0.05) is 0 Å². The quantitative estimate of drug-likeness (QED) is 0.860. The van der Waals surface area contributed by atoms with E-state index in [9.17, 15) is 9.59 Å². The van der Waals surface area contributed by atoms with Crippen molar-refractivity contribution in [3.05, 3.63) is 30.0 Å². The number of carbonyl (C=O) groups excluding carboxylic acids is 2. The lowest BCUT2D eigenvalue weighted by atomic mass is 10.1. The molecule has 6 heteroatoms. The van der Waals surface area contributed by atoms with Gasteiger partial charge in [-0.3, -0.25) is 9.89 Å². The lowest BCUT2D eigenvalue weighted by Gasteiger charge is -2.26. The highest BCUT2D eigenvalue weighted by molar-refractivity contribution is 5.99. The monoisotopic (exact) mass is 275 g/mol. The van der Waals surface area contributed by atoms with Crippen molar-refractivity contribution in [1.29, 1.82) is 0 Å². The average Bonchev–Trinajstić information content (AvgIpc) is 2.94. The van der Waals surface area contributed by atoms with Crippen LogP contribution in [-0.2, 0) is 9.53 Å². The number of aromatic nitrogens is 2. The molecule has 0 saturated carbocycles. The van der Waals surface area contributed by atoms with Gasteiger partial charge in [0.15, 0.2) is 0 Å². The smallest absolute Gasteiger partial charge is 0.328 e. The number of hydrogen-bond acceptors (Lipinski definition) is 4. The number of esters is 1. The lowest BCUT2D eigenvalue weighted by Crippen LogP contribution is -2.43. The van der Waals surface area contributed by atoms with Gasteiger partial charge in [0.1, 0.15) is 6.04 Å². The van der Waals surface area contributed by atoms with Gasteiger partial charge in [0.05, 0.1) is 18.8 Å². The number of nitrogens with zero attached hydrogens (tertiary/aromatic N) is 2. The maximum atomic E-state index is 12.5. The van der Waals surface area contributed by atoms with Crippen LogP contribution in [0.3, 0.4) is 0 Å². The van der Waals surface area contributed by atoms with Crippen LogP contribution in [0.5, 0.6) is 0 Å². The van der Waals surface area contributed by atoms with Crippen LogP contribution in [0, 0.1) is 0 Å². The molecule has 0 aliphatic heterocycles. The van der Waals surface area contributed by atoms with Crippen LogP contribution >= 0.6 is 0 Å². The summed E-state index contributed by atoms with van der Waals surface area (Å²) in [5.41, 5.74) is 1.39. The van der Waals surface area contributed by atoms with Crippen LogP contribution in [0.2, 0.25) is 0 Å². The molecule has 1 aromatic heterocycles. The highest BCUT2D eigenvalue weighted by Crippen LogP contribution is 2.16. The standard InChI is InChI=1S/C14H17N3O3/c1-4-17(9(2)14(19)20-3)13(18)10-5-6-12-11(7-10)8-15-16-12/h5-9H,4H2,1-3H3,(H,15,16)/t9-/m0/s1. The Hall–Kier alpha value is -2.37. The molecular formula is C14H17N3O3. The molecule has 20 heavy (non-hydrogen) atoms. The van der Waals surface area contributed by atoms with Gasteiger partial charge in [-0.15, -0.1) is 0 Å². The number of carbonyl (C=O) groups is 2. The van der Waals surface area contributed by atoms with E-state index in [-0.39, 0.29) is 5.91 Å². The number of aromatic amines is 1. The molecule has 106 valence electrons. The molecule has 0 spiro atoms. The van der Waals surface area contributed by atoms with Crippen molar-refractivity contribution in [2.45, 2.75) is 19.9 Å². The Kier molecular flexibility index (Phi) is 4.02. The van der Waals surface area contributed by atoms with Gasteiger partial charge in [0, 0.05) is 17.5 Å². The number of methoxy groups -OCH3 is 1. The minimum absolute atomic E-state index is 0.200. The van der Waals surface area contributed by atoms with Gasteiger partial charge in [-0.25, -0.2) is 4.79 Å². The van der Waals surface area contributed by atoms with E-state index in [1.165, 1.54) is 12.0 Å². The van der Waals surface area contributed by atoms with Crippen molar-refractivity contribution in [1.82, 2.24) is 15.1 Å². The molecule has 2 aromatic rings. The number of hydrogen-bond donors (Lipinski definition) is 1. The zero-order chi connectivity index (χ0) is 14.7. The number of benzene rings is 1. The first kappa shape index (κ1) is 14.0. The molecule has 6 nitrogen and oxygen atoms in total. The van der Waals surface area contributed by atoms with Crippen molar-refractivity contribution in [3.8, 4) is 0 Å². The van der Waals surface area contributed by atoms with Gasteiger partial charge in [0.25, 0.3) is 5.91 Å². The van der Waals surface area contributed by atoms with E-state index < -0.39 is 12.0 Å². The fourth-order valence-electron chi connectivity index (χ4n) is 2.13. The summed E-state index contributed by atoms with van der Waals surface area (Å²) in [6, 6.07) is 4.66. The van der Waals surface area contributed by atoms with E-state index in [2.05, 4.69) is 10.2 Å². The molecule has 0 saturated heterocycles. The molecule has 0 aliphatic rings. The SMILES string of the molecule is CCN(C(=O)c1ccc2[nH]ncc2c1)[C@@H](C)C(=O)OC. The normalized spacial score (nSPS) is 12.2. The first-order valence-electron chi connectivity index (χ1n) is 6.40. The Bertz CT molecular complexity index is 635. The summed E-state index contributed by atoms with van der Waals surface area (Å²) in [5.74, 6) is -0.627. The summed E-state index contributed by atoms with van der Waals surface area (Å²) in [7, 11) is 1.31. The Morgan fingerprint density at radius 1 is 1.45 bits per heavy atom. The lowest BCUT2D eigenvalue weighted by molar-refractivity contribution is -0.145. The van der Waals surface area contributed by atoms with Crippen molar-refractivity contribution >= 4 is 22.8 Å². The topological polar surface area (TPSA) is 75.3 Å². The summed E-state index contributed by atoms with van der Waals surface area (Å²) >= 11 is 0. The summed E-state index contributed by atoms with van der Waals surface area (Å²) < 4.78 is 4.69. The van der Waals surface area contributed by atoms with Gasteiger partial charge in [-0.2, -0.15) is 5.10 Å². The zero-order valence-corrected chi connectivity index (χ0v) is 11.7. The van der Waals surface area contributed by atoms with Gasteiger partial charge < -0.3 is 9.64 Å². The van der Waals surface area contributed by atoms with Gasteiger partial charge >= 0.3 is 5.97 Å². The van der Waals surface area contributed by atoms with Crippen molar-refractivity contribution in [2.24, 2.45) is 0 Å². The largest absolute Gasteiger partial charge is 0.467 e. The molecule has 1 atom stereocenters. The van der Waals surface area contributed by atoms with Gasteiger partial charge in [-0.05, 0) is 32.0 Å². The predicted molar refractivity (Wildman–Crippen MR) is 74.3 cm³/mol. The van der Waals surface area contributed by atoms with E-state index in [1.54, 1.807) is 31.3 Å². The van der Waals surface area contributed by atoms with Crippen LogP contribution in [0.15, 0.2) is 24.4 Å². The molecule has 1 heterocycles. The third-order valence-electron chi connectivity index (χ3n) is 3.30. The molecule has 0 fully saturated rings. The second-order valence-corrected chi connectivity index (χ2v) is 4.46. The highest BCUT2D eigenvalue weighted by atomic mass is 16.5. The minimum Gasteiger partial charge on any atom is -0.467 e. The number of amides is 1. The molecule has 0 aliphatic carbocycles. The molecule has 0 bridgehead atoms. The number of H-pyrrole nitrogens is 1. The number of nitrogens with one attached hydrogen (secondary N) is 1. The van der Waals surface area contributed by atoms with Crippen molar-refractivity contribution in [2.75, 3.05) is 13.7 Å². The maximum absolute atomic E-state index is 12.5. The van der Waals surface area contributed by atoms with Crippen LogP contribution < -0.4 is 0 Å². The second-order valence-electron chi connectivity index (χ2n) is 4.46. The van der Waals surface area contributed by atoms with Crippen LogP contribution in [0.1, 0.15) is 24.2 Å². The summed E-state index contributed by atoms with van der Waals surface area (Å²) in [6.45, 7) is 3.91. The highest BCUT2D eigenvalue weighted by Gasteiger charge is 2.26. The van der Waals surface area contributed by atoms with E-state index in [1.807, 2.05) is 6.92 Å². The summed E-state index contributed by atoms with van der Waals surface area (Å²) in [4.78, 5) is 25.6. The first-order chi connectivity index (χ1) is 9.58. The molecule has 0 radical (unpaired) electrons. The maximum Gasteiger partial charge on any atom is 0.328 e. The van der Waals surface area contributed by atoms with Crippen LogP contribution in [0.25, 0.3) is 10.9 Å². The summed E-state index contributed by atoms with van der Waals surface area (Å²) in [5, 5.41) is 7.61. The molecular weight excluding hydrogens is 258 g/mol. The molecule has 2 rings (SSSR count). The minimum atomic E-state index is -0.613. The Morgan fingerprint density at radius 3 is 2.85 bits per heavy atom. The van der Waals surface area contributed by atoms with Crippen LogP contribution in [-0.4, -0.2) is 46.7 Å². The molecule has 1 amide bonds. The second kappa shape index (κ2) is 5.73. The first-order valence-corrected chi connectivity index (χ1v) is 6.40. The van der Waals surface area contributed by atoms with E-state index in [0.717, 1.165) is 10.9 Å². The average molecular weight is 275 g/mol. The Labute approximate surface area is 116 Å².